The van der Waals surface area contributed by atoms with Gasteiger partial charge in [-0.2, -0.15) is 9.97 Å². The van der Waals surface area contributed by atoms with E-state index in [1.165, 1.54) is 18.5 Å². The van der Waals surface area contributed by atoms with Gasteiger partial charge in [0.05, 0.1) is 10.9 Å². The van der Waals surface area contributed by atoms with Crippen LogP contribution in [0.5, 0.6) is 6.01 Å². The highest BCUT2D eigenvalue weighted by Crippen LogP contribution is 2.42. The summed E-state index contributed by atoms with van der Waals surface area (Å²) in [7, 11) is 0. The first-order chi connectivity index (χ1) is 21.4. The topological polar surface area (TPSA) is 79.3 Å². The van der Waals surface area contributed by atoms with Crippen molar-refractivity contribution in [3.63, 3.8) is 0 Å². The van der Waals surface area contributed by atoms with Gasteiger partial charge in [-0.15, -0.1) is 0 Å². The first kappa shape index (κ1) is 27.5. The molecule has 3 aromatic heterocycles. The summed E-state index contributed by atoms with van der Waals surface area (Å²) in [5.74, 6) is 5.23. The molecule has 1 aromatic carbocycles. The van der Waals surface area contributed by atoms with E-state index in [4.69, 9.17) is 9.72 Å². The molecule has 2 bridgehead atoms. The van der Waals surface area contributed by atoms with E-state index in [2.05, 4.69) is 41.9 Å². The number of fused-ring (bicyclic) bond motifs is 5. The minimum absolute atomic E-state index is 0.00235. The molecule has 4 atom stereocenters. The summed E-state index contributed by atoms with van der Waals surface area (Å²) in [6.07, 6.45) is 6.35. The predicted molar refractivity (Wildman–Crippen MR) is 161 cm³/mol. The van der Waals surface area contributed by atoms with E-state index < -0.39 is 23.3 Å². The second-order valence-electron chi connectivity index (χ2n) is 12.5. The molecule has 0 aliphatic carbocycles. The fourth-order valence-corrected chi connectivity index (χ4v) is 7.80. The van der Waals surface area contributed by atoms with Gasteiger partial charge < -0.3 is 15.0 Å². The summed E-state index contributed by atoms with van der Waals surface area (Å²) in [5.41, 5.74) is 0.00578. The number of benzene rings is 1. The second-order valence-corrected chi connectivity index (χ2v) is 12.5. The summed E-state index contributed by atoms with van der Waals surface area (Å²) < 4.78 is 52.8. The third kappa shape index (κ3) is 4.46. The quantitative estimate of drug-likeness (QED) is 0.329. The number of hydrogen-bond donors (Lipinski definition) is 1. The lowest BCUT2D eigenvalue weighted by Gasteiger charge is -2.34. The number of halogens is 3. The molecule has 226 valence electrons. The van der Waals surface area contributed by atoms with Crippen LogP contribution in [0.2, 0.25) is 0 Å². The van der Waals surface area contributed by atoms with Crippen LogP contribution in [0, 0.1) is 23.5 Å². The Morgan fingerprint density at radius 1 is 1.07 bits per heavy atom. The Labute approximate surface area is 253 Å². The molecule has 4 fully saturated rings. The smallest absolute Gasteiger partial charge is 0.319 e. The SMILES string of the molecule is CC#Cc1nc(-c2cncc3cccc(F)c23)c(F)c2nc(OC[C@@]34CCCN3C[C@H](F)C4)nc(N3C[C@H]4CC[C@@H](C3)N4)c12. The molecule has 4 saturated heterocycles. The van der Waals surface area contributed by atoms with E-state index in [0.29, 0.717) is 48.3 Å². The molecular formula is C33H32F3N7O. The Kier molecular flexibility index (Phi) is 6.61. The highest BCUT2D eigenvalue weighted by Gasteiger charge is 2.49. The average molecular weight is 600 g/mol. The Morgan fingerprint density at radius 3 is 2.73 bits per heavy atom. The first-order valence-corrected chi connectivity index (χ1v) is 15.3. The highest BCUT2D eigenvalue weighted by molar-refractivity contribution is 6.00. The van der Waals surface area contributed by atoms with Gasteiger partial charge in [0.1, 0.15) is 41.3 Å². The zero-order chi connectivity index (χ0) is 30.0. The van der Waals surface area contributed by atoms with Gasteiger partial charge in [0.2, 0.25) is 0 Å². The molecule has 0 spiro atoms. The molecule has 4 aliphatic heterocycles. The maximum absolute atomic E-state index is 16.8. The normalized spacial score (nSPS) is 26.3. The second kappa shape index (κ2) is 10.6. The Morgan fingerprint density at radius 2 is 1.91 bits per heavy atom. The van der Waals surface area contributed by atoms with Gasteiger partial charge in [0.25, 0.3) is 0 Å². The number of hydrogen-bond acceptors (Lipinski definition) is 8. The van der Waals surface area contributed by atoms with E-state index in [9.17, 15) is 4.39 Å². The largest absolute Gasteiger partial charge is 0.461 e. The van der Waals surface area contributed by atoms with Crippen LogP contribution in [0.15, 0.2) is 30.6 Å². The number of pyridine rings is 2. The molecule has 1 N–H and O–H groups in total. The predicted octanol–water partition coefficient (Wildman–Crippen LogP) is 4.79. The number of aromatic nitrogens is 4. The summed E-state index contributed by atoms with van der Waals surface area (Å²) in [4.78, 5) is 22.7. The van der Waals surface area contributed by atoms with Gasteiger partial charge in [-0.05, 0) is 51.1 Å². The highest BCUT2D eigenvalue weighted by atomic mass is 19.1. The molecule has 0 saturated carbocycles. The maximum atomic E-state index is 16.8. The number of rotatable bonds is 5. The minimum Gasteiger partial charge on any atom is -0.461 e. The summed E-state index contributed by atoms with van der Waals surface area (Å²) >= 11 is 0. The Hall–Kier alpha value is -4.01. The molecule has 44 heavy (non-hydrogen) atoms. The van der Waals surface area contributed by atoms with Crippen molar-refractivity contribution in [2.45, 2.75) is 62.8 Å². The minimum atomic E-state index is -0.903. The van der Waals surface area contributed by atoms with Crippen molar-refractivity contribution in [1.29, 1.82) is 0 Å². The standard InChI is InChI=1S/C33H32F3N7O/c1-2-5-25-27-30(28(36)29(39-25)23-14-37-13-19-6-3-7-24(35)26(19)23)40-32(41-31(27)42-16-21-8-9-22(17-42)38-21)44-18-33-10-4-11-43(33)15-20(34)12-33/h3,6-7,13-14,20-22,38H,4,8-12,15-18H2,1H3/t20-,21-,22+,33+/m1/s1. The number of nitrogens with one attached hydrogen (secondary N) is 1. The number of anilines is 1. The lowest BCUT2D eigenvalue weighted by Crippen LogP contribution is -2.51. The summed E-state index contributed by atoms with van der Waals surface area (Å²) in [6, 6.07) is 5.25. The Bertz CT molecular complexity index is 1840. The third-order valence-corrected chi connectivity index (χ3v) is 9.72. The van der Waals surface area contributed by atoms with Crippen molar-refractivity contribution in [2.24, 2.45) is 0 Å². The van der Waals surface area contributed by atoms with Crippen molar-refractivity contribution in [3.8, 4) is 29.1 Å². The number of nitrogens with zero attached hydrogens (tertiary/aromatic N) is 6. The lowest BCUT2D eigenvalue weighted by atomic mass is 9.95. The molecule has 7 heterocycles. The van der Waals surface area contributed by atoms with Gasteiger partial charge in [0, 0.05) is 66.9 Å². The van der Waals surface area contributed by atoms with Crippen LogP contribution in [0.4, 0.5) is 19.0 Å². The van der Waals surface area contributed by atoms with Gasteiger partial charge in [-0.25, -0.2) is 18.2 Å². The summed E-state index contributed by atoms with van der Waals surface area (Å²) in [5, 5.41) is 4.77. The Balaban J connectivity index is 1.31. The number of piperazine rings is 1. The van der Waals surface area contributed by atoms with Crippen LogP contribution >= 0.6 is 0 Å². The van der Waals surface area contributed by atoms with Crippen molar-refractivity contribution < 1.29 is 17.9 Å². The molecular weight excluding hydrogens is 567 g/mol. The van der Waals surface area contributed by atoms with Gasteiger partial charge in [0.15, 0.2) is 5.82 Å². The maximum Gasteiger partial charge on any atom is 0.319 e. The van der Waals surface area contributed by atoms with Crippen LogP contribution in [-0.4, -0.2) is 81.4 Å². The molecule has 8 nitrogen and oxygen atoms in total. The lowest BCUT2D eigenvalue weighted by molar-refractivity contribution is 0.107. The average Bonchev–Trinajstić information content (AvgIpc) is 3.67. The van der Waals surface area contributed by atoms with Gasteiger partial charge >= 0.3 is 6.01 Å². The number of ether oxygens (including phenoxy) is 1. The molecule has 4 aromatic rings. The summed E-state index contributed by atoms with van der Waals surface area (Å²) in [6.45, 7) is 4.49. The molecule has 4 aliphatic rings. The van der Waals surface area contributed by atoms with Crippen LogP contribution in [0.1, 0.15) is 44.7 Å². The molecule has 11 heteroatoms. The van der Waals surface area contributed by atoms with Crippen molar-refractivity contribution in [2.75, 3.05) is 37.7 Å². The molecule has 0 radical (unpaired) electrons. The number of alkyl halides is 1. The molecule has 0 unspecified atom stereocenters. The van der Waals surface area contributed by atoms with Crippen molar-refractivity contribution >= 4 is 27.5 Å². The van der Waals surface area contributed by atoms with Gasteiger partial charge in [-0.1, -0.05) is 18.1 Å². The van der Waals surface area contributed by atoms with Gasteiger partial charge in [-0.3, -0.25) is 9.88 Å². The van der Waals surface area contributed by atoms with Crippen molar-refractivity contribution in [3.05, 3.63) is 47.9 Å². The molecule has 0 amide bonds. The van der Waals surface area contributed by atoms with Crippen LogP contribution in [-0.2, 0) is 0 Å². The molecule has 8 rings (SSSR count). The zero-order valence-corrected chi connectivity index (χ0v) is 24.4. The first-order valence-electron chi connectivity index (χ1n) is 15.3. The third-order valence-electron chi connectivity index (χ3n) is 9.72. The van der Waals surface area contributed by atoms with E-state index >= 15 is 8.78 Å². The van der Waals surface area contributed by atoms with E-state index in [1.807, 2.05) is 0 Å². The zero-order valence-electron chi connectivity index (χ0n) is 24.4. The van der Waals surface area contributed by atoms with Crippen LogP contribution < -0.4 is 15.0 Å². The van der Waals surface area contributed by atoms with Crippen LogP contribution in [0.25, 0.3) is 32.9 Å². The fourth-order valence-electron chi connectivity index (χ4n) is 7.80. The fraction of sp³-hybridized carbons (Fsp3) is 0.455. The van der Waals surface area contributed by atoms with E-state index in [-0.39, 0.29) is 46.9 Å². The van der Waals surface area contributed by atoms with Crippen molar-refractivity contribution in [1.82, 2.24) is 30.2 Å². The van der Waals surface area contributed by atoms with E-state index in [1.54, 1.807) is 19.1 Å². The van der Waals surface area contributed by atoms with E-state index in [0.717, 1.165) is 32.2 Å². The monoisotopic (exact) mass is 599 g/mol. The van der Waals surface area contributed by atoms with Crippen LogP contribution in [0.3, 0.4) is 0 Å².